The molecule has 4 nitrogen and oxygen atoms in total. The van der Waals surface area contributed by atoms with Crippen molar-refractivity contribution >= 4 is 17.5 Å². The van der Waals surface area contributed by atoms with Gasteiger partial charge in [0.1, 0.15) is 0 Å². The number of hydrogen-bond donors (Lipinski definition) is 0. The number of nitrogens with zero attached hydrogens (tertiary/aromatic N) is 2. The van der Waals surface area contributed by atoms with Gasteiger partial charge in [0.25, 0.3) is 11.5 Å². The van der Waals surface area contributed by atoms with Crippen LogP contribution in [0, 0.1) is 5.92 Å². The molecule has 0 aliphatic carbocycles. The van der Waals surface area contributed by atoms with Crippen molar-refractivity contribution in [1.29, 1.82) is 0 Å². The Kier molecular flexibility index (Phi) is 3.49. The van der Waals surface area contributed by atoms with E-state index < -0.39 is 0 Å². The topological polar surface area (TPSA) is 42.3 Å². The molecule has 2 bridgehead atoms. The Balaban J connectivity index is 1.65. The van der Waals surface area contributed by atoms with Crippen LogP contribution in [-0.2, 0) is 6.54 Å². The summed E-state index contributed by atoms with van der Waals surface area (Å²) in [5.74, 6) is 0.535. The van der Waals surface area contributed by atoms with Gasteiger partial charge in [-0.05, 0) is 30.5 Å². The molecule has 2 atom stereocenters. The Labute approximate surface area is 139 Å². The summed E-state index contributed by atoms with van der Waals surface area (Å²) in [5, 5.41) is 0.491. The second-order valence-corrected chi connectivity index (χ2v) is 6.80. The van der Waals surface area contributed by atoms with E-state index in [0.717, 1.165) is 12.1 Å². The SMILES string of the molecule is O=C(c1ccccc1Cl)N1C[C@@H]2C[C@@H](C1)c1cccc(=O)n1C2. The number of pyridine rings is 1. The molecule has 0 saturated carbocycles. The summed E-state index contributed by atoms with van der Waals surface area (Å²) >= 11 is 6.17. The van der Waals surface area contributed by atoms with Crippen LogP contribution >= 0.6 is 11.6 Å². The lowest BCUT2D eigenvalue weighted by molar-refractivity contribution is 0.0595. The molecule has 1 amide bonds. The van der Waals surface area contributed by atoms with Gasteiger partial charge in [0.2, 0.25) is 0 Å². The highest BCUT2D eigenvalue weighted by Gasteiger charge is 2.36. The molecule has 0 spiro atoms. The lowest BCUT2D eigenvalue weighted by atomic mass is 9.83. The van der Waals surface area contributed by atoms with E-state index in [-0.39, 0.29) is 17.4 Å². The summed E-state index contributed by atoms with van der Waals surface area (Å²) in [6.45, 7) is 2.02. The molecule has 0 radical (unpaired) electrons. The minimum Gasteiger partial charge on any atom is -0.338 e. The number of likely N-dealkylation sites (tertiary alicyclic amines) is 1. The van der Waals surface area contributed by atoms with E-state index in [1.165, 1.54) is 0 Å². The number of fused-ring (bicyclic) bond motifs is 4. The average Bonchev–Trinajstić information content (AvgIpc) is 2.55. The molecule has 2 aliphatic heterocycles. The Morgan fingerprint density at radius 3 is 2.70 bits per heavy atom. The van der Waals surface area contributed by atoms with Gasteiger partial charge in [-0.15, -0.1) is 0 Å². The zero-order valence-corrected chi connectivity index (χ0v) is 13.4. The summed E-state index contributed by atoms with van der Waals surface area (Å²) in [6, 6.07) is 12.6. The molecule has 2 aromatic rings. The van der Waals surface area contributed by atoms with Crippen molar-refractivity contribution in [2.24, 2.45) is 5.92 Å². The van der Waals surface area contributed by atoms with E-state index in [1.807, 2.05) is 33.7 Å². The molecule has 0 unspecified atom stereocenters. The van der Waals surface area contributed by atoms with Gasteiger partial charge in [-0.1, -0.05) is 29.8 Å². The van der Waals surface area contributed by atoms with Crippen LogP contribution in [0.1, 0.15) is 28.4 Å². The molecule has 118 valence electrons. The molecule has 23 heavy (non-hydrogen) atoms. The van der Waals surface area contributed by atoms with Crippen LogP contribution in [0.4, 0.5) is 0 Å². The summed E-state index contributed by atoms with van der Waals surface area (Å²) < 4.78 is 1.87. The smallest absolute Gasteiger partial charge is 0.255 e. The maximum Gasteiger partial charge on any atom is 0.255 e. The number of aromatic nitrogens is 1. The van der Waals surface area contributed by atoms with Crippen molar-refractivity contribution < 1.29 is 4.79 Å². The summed E-state index contributed by atoms with van der Waals surface area (Å²) in [4.78, 5) is 26.7. The fourth-order valence-corrected chi connectivity index (χ4v) is 4.08. The molecule has 1 saturated heterocycles. The van der Waals surface area contributed by atoms with Crippen molar-refractivity contribution in [3.8, 4) is 0 Å². The second kappa shape index (κ2) is 5.53. The zero-order chi connectivity index (χ0) is 16.0. The third-order valence-electron chi connectivity index (χ3n) is 4.87. The number of amides is 1. The van der Waals surface area contributed by atoms with Gasteiger partial charge in [-0.3, -0.25) is 9.59 Å². The number of rotatable bonds is 1. The fraction of sp³-hybridized carbons (Fsp3) is 0.333. The molecule has 0 N–H and O–H groups in total. The summed E-state index contributed by atoms with van der Waals surface area (Å²) in [5.41, 5.74) is 1.66. The maximum absolute atomic E-state index is 12.8. The van der Waals surface area contributed by atoms with Crippen molar-refractivity contribution in [2.75, 3.05) is 13.1 Å². The van der Waals surface area contributed by atoms with Gasteiger partial charge in [0.15, 0.2) is 0 Å². The molecule has 5 heteroatoms. The van der Waals surface area contributed by atoms with E-state index in [2.05, 4.69) is 0 Å². The van der Waals surface area contributed by atoms with Gasteiger partial charge < -0.3 is 9.47 Å². The van der Waals surface area contributed by atoms with Crippen LogP contribution in [0.15, 0.2) is 47.3 Å². The Hall–Kier alpha value is -2.07. The third kappa shape index (κ3) is 2.47. The zero-order valence-electron chi connectivity index (χ0n) is 12.6. The monoisotopic (exact) mass is 328 g/mol. The first-order valence-electron chi connectivity index (χ1n) is 7.87. The summed E-state index contributed by atoms with van der Waals surface area (Å²) in [6.07, 6.45) is 1.04. The Morgan fingerprint density at radius 1 is 1.04 bits per heavy atom. The molecule has 1 fully saturated rings. The normalized spacial score (nSPS) is 22.6. The van der Waals surface area contributed by atoms with Crippen molar-refractivity contribution in [3.63, 3.8) is 0 Å². The Bertz CT molecular complexity index is 830. The van der Waals surface area contributed by atoms with Crippen LogP contribution < -0.4 is 5.56 Å². The highest BCUT2D eigenvalue weighted by atomic mass is 35.5. The van der Waals surface area contributed by atoms with Crippen LogP contribution in [0.25, 0.3) is 0 Å². The van der Waals surface area contributed by atoms with Crippen LogP contribution in [0.3, 0.4) is 0 Å². The van der Waals surface area contributed by atoms with Crippen LogP contribution in [0.5, 0.6) is 0 Å². The van der Waals surface area contributed by atoms with Crippen molar-refractivity contribution in [3.05, 3.63) is 69.1 Å². The van der Waals surface area contributed by atoms with E-state index in [9.17, 15) is 9.59 Å². The predicted molar refractivity (Wildman–Crippen MR) is 88.9 cm³/mol. The Morgan fingerprint density at radius 2 is 1.87 bits per heavy atom. The number of carbonyl (C=O) groups excluding carboxylic acids is 1. The molecule has 2 aliphatic rings. The number of benzene rings is 1. The van der Waals surface area contributed by atoms with Crippen molar-refractivity contribution in [2.45, 2.75) is 18.9 Å². The van der Waals surface area contributed by atoms with Crippen molar-refractivity contribution in [1.82, 2.24) is 9.47 Å². The number of piperidine rings is 1. The van der Waals surface area contributed by atoms with E-state index in [1.54, 1.807) is 18.2 Å². The van der Waals surface area contributed by atoms with Gasteiger partial charge >= 0.3 is 0 Å². The highest BCUT2D eigenvalue weighted by molar-refractivity contribution is 6.33. The first-order valence-corrected chi connectivity index (χ1v) is 8.25. The average molecular weight is 329 g/mol. The third-order valence-corrected chi connectivity index (χ3v) is 5.20. The highest BCUT2D eigenvalue weighted by Crippen LogP contribution is 2.35. The molecule has 3 heterocycles. The van der Waals surface area contributed by atoms with Gasteiger partial charge in [-0.2, -0.15) is 0 Å². The molecule has 4 rings (SSSR count). The van der Waals surface area contributed by atoms with Crippen LogP contribution in [0.2, 0.25) is 5.02 Å². The number of halogens is 1. The van der Waals surface area contributed by atoms with Gasteiger partial charge in [-0.25, -0.2) is 0 Å². The lowest BCUT2D eigenvalue weighted by Gasteiger charge is -2.42. The van der Waals surface area contributed by atoms with E-state index in [4.69, 9.17) is 11.6 Å². The van der Waals surface area contributed by atoms with E-state index in [0.29, 0.717) is 36.1 Å². The standard InChI is InChI=1S/C18H17ClN2O2/c19-15-5-2-1-4-14(15)18(23)20-9-12-8-13(11-20)16-6-3-7-17(22)21(16)10-12/h1-7,12-13H,8-11H2/t12-,13-/m0/s1. The molecular formula is C18H17ClN2O2. The van der Waals surface area contributed by atoms with Crippen LogP contribution in [-0.4, -0.2) is 28.5 Å². The fourth-order valence-electron chi connectivity index (χ4n) is 3.87. The second-order valence-electron chi connectivity index (χ2n) is 6.39. The predicted octanol–water partition coefficient (Wildman–Crippen LogP) is 2.76. The molecular weight excluding hydrogens is 312 g/mol. The number of carbonyl (C=O) groups is 1. The quantitative estimate of drug-likeness (QED) is 0.808. The number of hydrogen-bond acceptors (Lipinski definition) is 2. The minimum absolute atomic E-state index is 0.0166. The molecule has 1 aromatic carbocycles. The maximum atomic E-state index is 12.8. The van der Waals surface area contributed by atoms with E-state index >= 15 is 0 Å². The first kappa shape index (κ1) is 14.5. The van der Waals surface area contributed by atoms with Gasteiger partial charge in [0, 0.05) is 37.3 Å². The minimum atomic E-state index is -0.0166. The lowest BCUT2D eigenvalue weighted by Crippen LogP contribution is -2.49. The first-order chi connectivity index (χ1) is 11.1. The largest absolute Gasteiger partial charge is 0.338 e. The summed E-state index contributed by atoms with van der Waals surface area (Å²) in [7, 11) is 0. The molecule has 1 aromatic heterocycles. The van der Waals surface area contributed by atoms with Gasteiger partial charge in [0.05, 0.1) is 10.6 Å².